The van der Waals surface area contributed by atoms with Gasteiger partial charge in [-0.05, 0) is 180 Å². The van der Waals surface area contributed by atoms with Gasteiger partial charge in [-0.3, -0.25) is 12.6 Å². The van der Waals surface area contributed by atoms with Gasteiger partial charge in [0, 0.05) is 46.1 Å². The average molecular weight is 932 g/mol. The van der Waals surface area contributed by atoms with Gasteiger partial charge in [-0.2, -0.15) is 26.3 Å². The Morgan fingerprint density at radius 3 is 0.933 bits per heavy atom. The topological polar surface area (TPSA) is 165 Å². The number of carbonyl (C=O) groups is 1. The van der Waals surface area contributed by atoms with Gasteiger partial charge in [0.05, 0.1) is 19.8 Å². The van der Waals surface area contributed by atoms with Crippen LogP contribution in [0.25, 0.3) is 0 Å². The third kappa shape index (κ3) is 11.8. The SMILES string of the molecule is O=C(OCC12CC3CC(CC(C3)C1)C2)C(F)(F)S(=O)[O-].O=S([O-])C(F)(F)COCC12CC3CC(CC(C3)C1)C2.O=S([O-])C(F)(F)COCC12CC3CC(CC(C3)C1)C2.[CH3+].[Na+]. The molecule has 10 nitrogen and oxygen atoms in total. The maximum atomic E-state index is 13.0. The molecule has 12 aliphatic carbocycles. The van der Waals surface area contributed by atoms with E-state index in [0.717, 1.165) is 93.3 Å². The van der Waals surface area contributed by atoms with Gasteiger partial charge < -0.3 is 27.9 Å². The summed E-state index contributed by atoms with van der Waals surface area (Å²) in [5, 5.41) is -12.0. The zero-order chi connectivity index (χ0) is 41.9. The second-order valence-electron chi connectivity index (χ2n) is 20.3. The monoisotopic (exact) mass is 931 g/mol. The van der Waals surface area contributed by atoms with Crippen LogP contribution in [0.1, 0.15) is 116 Å². The predicted molar refractivity (Wildman–Crippen MR) is 202 cm³/mol. The van der Waals surface area contributed by atoms with Gasteiger partial charge >= 0.3 is 51.3 Å². The van der Waals surface area contributed by atoms with E-state index >= 15 is 0 Å². The molecule has 0 radical (unpaired) electrons. The summed E-state index contributed by atoms with van der Waals surface area (Å²) in [4.78, 5) is 11.2. The van der Waals surface area contributed by atoms with Gasteiger partial charge in [-0.25, -0.2) is 4.79 Å². The van der Waals surface area contributed by atoms with Crippen LogP contribution in [-0.2, 0) is 52.2 Å². The summed E-state index contributed by atoms with van der Waals surface area (Å²) in [6.45, 7) is -1.50. The fourth-order valence-electron chi connectivity index (χ4n) is 14.6. The van der Waals surface area contributed by atoms with Crippen LogP contribution < -0.4 is 29.6 Å². The van der Waals surface area contributed by atoms with Gasteiger partial charge in [0.2, 0.25) is 0 Å². The van der Waals surface area contributed by atoms with Crippen molar-refractivity contribution in [3.8, 4) is 0 Å². The van der Waals surface area contributed by atoms with Crippen LogP contribution in [0.2, 0.25) is 0 Å². The second-order valence-corrected chi connectivity index (χ2v) is 23.4. The van der Waals surface area contributed by atoms with Gasteiger partial charge in [0.1, 0.15) is 13.2 Å². The summed E-state index contributed by atoms with van der Waals surface area (Å²) >= 11 is -10.6. The Bertz CT molecular complexity index is 1410. The van der Waals surface area contributed by atoms with Crippen LogP contribution in [0.4, 0.5) is 26.3 Å². The molecule has 12 bridgehead atoms. The smallest absolute Gasteiger partial charge is 0.768 e. The van der Waals surface area contributed by atoms with Gasteiger partial charge in [0.15, 0.2) is 0 Å². The first kappa shape index (κ1) is 51.2. The van der Waals surface area contributed by atoms with Crippen LogP contribution in [0.15, 0.2) is 0 Å². The normalized spacial score (nSPS) is 40.5. The van der Waals surface area contributed by atoms with E-state index in [0.29, 0.717) is 31.0 Å². The van der Waals surface area contributed by atoms with Gasteiger partial charge in [0.25, 0.3) is 0 Å². The number of halogens is 6. The molecule has 0 amide bonds. The fourth-order valence-corrected chi connectivity index (χ4v) is 15.2. The number of esters is 1. The molecule has 12 rings (SSSR count). The summed E-state index contributed by atoms with van der Waals surface area (Å²) in [5.74, 6) is 4.35. The fraction of sp³-hybridized carbons (Fsp3) is 0.950. The van der Waals surface area contributed by atoms with Crippen molar-refractivity contribution in [2.75, 3.05) is 33.0 Å². The number of alkyl halides is 6. The zero-order valence-corrected chi connectivity index (χ0v) is 39.0. The Balaban J connectivity index is 0.000000168. The van der Waals surface area contributed by atoms with E-state index in [1.54, 1.807) is 0 Å². The minimum absolute atomic E-state index is 0. The minimum atomic E-state index is -4.44. The van der Waals surface area contributed by atoms with Gasteiger partial charge in [-0.1, -0.05) is 0 Å². The summed E-state index contributed by atoms with van der Waals surface area (Å²) in [7, 11) is 0. The Hall–Kier alpha value is 0.170. The summed E-state index contributed by atoms with van der Waals surface area (Å²) < 4.78 is 155. The zero-order valence-electron chi connectivity index (χ0n) is 34.5. The van der Waals surface area contributed by atoms with Crippen molar-refractivity contribution in [1.82, 2.24) is 0 Å². The van der Waals surface area contributed by atoms with Crippen molar-refractivity contribution in [2.45, 2.75) is 131 Å². The third-order valence-electron chi connectivity index (χ3n) is 15.3. The Kier molecular flexibility index (Phi) is 16.7. The van der Waals surface area contributed by atoms with Crippen LogP contribution in [0.5, 0.6) is 0 Å². The molecule has 12 fully saturated rings. The van der Waals surface area contributed by atoms with Crippen molar-refractivity contribution in [2.24, 2.45) is 69.5 Å². The molecule has 3 unspecified atom stereocenters. The molecule has 0 heterocycles. The van der Waals surface area contributed by atoms with Crippen molar-refractivity contribution in [1.29, 1.82) is 0 Å². The summed E-state index contributed by atoms with van der Waals surface area (Å²) in [6, 6.07) is 0. The van der Waals surface area contributed by atoms with Crippen LogP contribution in [0, 0.1) is 76.9 Å². The maximum Gasteiger partial charge on any atom is 1.00 e. The second kappa shape index (κ2) is 19.6. The molecule has 0 aromatic carbocycles. The average Bonchev–Trinajstić information content (AvgIpc) is 3.09. The van der Waals surface area contributed by atoms with Crippen molar-refractivity contribution >= 4 is 39.2 Å². The Morgan fingerprint density at radius 2 is 0.717 bits per heavy atom. The first-order valence-corrected chi connectivity index (χ1v) is 24.0. The third-order valence-corrected chi connectivity index (χ3v) is 17.1. The number of ether oxygens (including phenoxy) is 3. The van der Waals surface area contributed by atoms with Crippen molar-refractivity contribution in [3.63, 3.8) is 0 Å². The molecule has 0 aromatic heterocycles. The number of hydrogen-bond donors (Lipinski definition) is 0. The summed E-state index contributed by atoms with van der Waals surface area (Å²) in [5.41, 5.74) is -0.0880. The molecular formula is C40H58F6NaO10S3-. The first-order chi connectivity index (χ1) is 27.1. The largest absolute Gasteiger partial charge is 1.00 e. The molecule has 20 heteroatoms. The number of hydrogen-bond acceptors (Lipinski definition) is 10. The molecule has 340 valence electrons. The van der Waals surface area contributed by atoms with Crippen LogP contribution in [0.3, 0.4) is 0 Å². The van der Waals surface area contributed by atoms with E-state index in [1.165, 1.54) is 57.8 Å². The quantitative estimate of drug-likeness (QED) is 0.0757. The van der Waals surface area contributed by atoms with Crippen LogP contribution in [-0.4, -0.2) is 81.1 Å². The van der Waals surface area contributed by atoms with E-state index in [4.69, 9.17) is 9.47 Å². The molecule has 0 aromatic rings. The Labute approximate surface area is 379 Å². The van der Waals surface area contributed by atoms with Crippen LogP contribution >= 0.6 is 0 Å². The first-order valence-electron chi connectivity index (χ1n) is 20.8. The van der Waals surface area contributed by atoms with E-state index in [2.05, 4.69) is 4.74 Å². The molecule has 0 saturated heterocycles. The van der Waals surface area contributed by atoms with Crippen molar-refractivity contribution in [3.05, 3.63) is 7.43 Å². The van der Waals surface area contributed by atoms with E-state index in [1.807, 2.05) is 0 Å². The summed E-state index contributed by atoms with van der Waals surface area (Å²) in [6.07, 6.45) is 20.5. The minimum Gasteiger partial charge on any atom is -0.768 e. The molecule has 0 N–H and O–H groups in total. The van der Waals surface area contributed by atoms with Crippen molar-refractivity contribution < 1.29 is 101 Å². The predicted octanol–water partition coefficient (Wildman–Crippen LogP) is 5.05. The van der Waals surface area contributed by atoms with E-state index in [9.17, 15) is 57.4 Å². The molecule has 0 aliphatic heterocycles. The molecule has 60 heavy (non-hydrogen) atoms. The van der Waals surface area contributed by atoms with E-state index in [-0.39, 0.29) is 59.8 Å². The Morgan fingerprint density at radius 1 is 0.483 bits per heavy atom. The maximum absolute atomic E-state index is 13.0. The molecule has 12 saturated carbocycles. The number of rotatable bonds is 14. The number of carbonyl (C=O) groups excluding carboxylic acids is 1. The molecule has 0 spiro atoms. The van der Waals surface area contributed by atoms with Gasteiger partial charge in [-0.15, -0.1) is 0 Å². The molecule has 12 aliphatic rings. The molecular weight excluding hydrogens is 874 g/mol. The standard InChI is InChI=1S/C13H18F2O4S.2C13H20F2O3S.CH3.Na/c14-13(15,20(17)18)11(16)19-7-12-4-8-1-9(5-12)3-10(2-8)6-12;2*14-13(15,19(16)17)8-18-7-12-4-9-1-10(5-12)3-11(2-9)6-12;;/h8-10H,1-7H2,(H,17,18);2*9-11H,1-8H2,(H,16,17);1H3;/q;;;2*+1/p-3. The van der Waals surface area contributed by atoms with E-state index < -0.39 is 68.2 Å². The molecule has 3 atom stereocenters.